The SMILES string of the molecule is COc1cc2nc(C)nc(N[C@H](C)c3cc(NC(=O)O)cc(C(F)(F)F)c3)c2cc1C1=CCC(C(=O)N2CCC(CCOCC3CCN(C(=O)c4ccc(OC)c(N5CCC(=O)NC5=O)c4)CC3)CC2)CC1. The van der Waals surface area contributed by atoms with Gasteiger partial charge in [0.1, 0.15) is 23.1 Å². The van der Waals surface area contributed by atoms with Gasteiger partial charge in [-0.15, -0.1) is 0 Å². The van der Waals surface area contributed by atoms with Gasteiger partial charge in [0, 0.05) is 86.5 Å². The monoisotopic (exact) mass is 998 g/mol. The first-order valence-electron chi connectivity index (χ1n) is 24.5. The van der Waals surface area contributed by atoms with Crippen molar-refractivity contribution in [2.45, 2.75) is 83.9 Å². The fourth-order valence-corrected chi connectivity index (χ4v) is 10.2. The summed E-state index contributed by atoms with van der Waals surface area (Å²) in [5.41, 5.74) is 2.27. The number of halogens is 3. The quantitative estimate of drug-likeness (QED) is 0.0824. The van der Waals surface area contributed by atoms with E-state index >= 15 is 0 Å². The Balaban J connectivity index is 0.798. The first kappa shape index (κ1) is 51.4. The summed E-state index contributed by atoms with van der Waals surface area (Å²) in [6, 6.07) is 10.6. The summed E-state index contributed by atoms with van der Waals surface area (Å²) in [6.07, 6.45) is 2.30. The van der Waals surface area contributed by atoms with E-state index in [-0.39, 0.29) is 47.9 Å². The minimum Gasteiger partial charge on any atom is -0.496 e. The Bertz CT molecular complexity index is 2740. The van der Waals surface area contributed by atoms with Crippen molar-refractivity contribution >= 4 is 63.5 Å². The number of hydrogen-bond donors (Lipinski definition) is 4. The minimum atomic E-state index is -4.70. The van der Waals surface area contributed by atoms with Crippen LogP contribution in [0.3, 0.4) is 0 Å². The summed E-state index contributed by atoms with van der Waals surface area (Å²) < 4.78 is 58.9. The van der Waals surface area contributed by atoms with Gasteiger partial charge in [-0.1, -0.05) is 6.08 Å². The molecule has 20 heteroatoms. The standard InChI is InChI=1S/C52H61F3N8O9/c1-30(37-23-38(52(53,54)55)26-39(24-37)59-51(68)69)56-47-41-27-40(45(71-4)28-42(41)57-31(2)58-47)34-5-7-35(8-6-34)48(65)61-17-11-32(12-18-61)16-22-72-29-33-13-19-62(20-14-33)49(66)36-9-10-44(70-3)43(25-36)63-21-15-46(64)60-50(63)67/h5,9-10,23-28,30,32-33,35,59H,6-8,11-22,29H2,1-4H3,(H,68,69)(H,56,57,58)(H,60,64,67)/t30-,35?/m1/s1. The summed E-state index contributed by atoms with van der Waals surface area (Å²) in [5, 5.41) is 17.4. The van der Waals surface area contributed by atoms with Gasteiger partial charge in [0.05, 0.1) is 37.0 Å². The molecule has 3 aromatic carbocycles. The number of imide groups is 1. The molecule has 2 atom stereocenters. The van der Waals surface area contributed by atoms with Crippen molar-refractivity contribution in [3.63, 3.8) is 0 Å². The first-order chi connectivity index (χ1) is 34.5. The number of nitrogens with zero attached hydrogens (tertiary/aromatic N) is 5. The van der Waals surface area contributed by atoms with E-state index in [0.717, 1.165) is 55.4 Å². The molecule has 3 aliphatic heterocycles. The topological polar surface area (TPSA) is 205 Å². The van der Waals surface area contributed by atoms with Crippen molar-refractivity contribution in [2.24, 2.45) is 17.8 Å². The Labute approximate surface area is 415 Å². The predicted molar refractivity (Wildman–Crippen MR) is 263 cm³/mol. The highest BCUT2D eigenvalue weighted by atomic mass is 19.4. The Kier molecular flexibility index (Phi) is 15.9. The number of carboxylic acid groups (broad SMARTS) is 1. The largest absolute Gasteiger partial charge is 0.496 e. The van der Waals surface area contributed by atoms with E-state index in [2.05, 4.69) is 26.7 Å². The van der Waals surface area contributed by atoms with Crippen LogP contribution in [0.2, 0.25) is 0 Å². The van der Waals surface area contributed by atoms with Gasteiger partial charge in [-0.05, 0) is 131 Å². The van der Waals surface area contributed by atoms with Gasteiger partial charge >= 0.3 is 18.3 Å². The number of alkyl halides is 3. The van der Waals surface area contributed by atoms with Crippen molar-refractivity contribution in [1.29, 1.82) is 0 Å². The Morgan fingerprint density at radius 3 is 2.26 bits per heavy atom. The van der Waals surface area contributed by atoms with E-state index in [1.807, 2.05) is 27.2 Å². The number of aromatic nitrogens is 2. The summed E-state index contributed by atoms with van der Waals surface area (Å²) >= 11 is 0. The van der Waals surface area contributed by atoms with Crippen LogP contribution in [0.25, 0.3) is 16.5 Å². The highest BCUT2D eigenvalue weighted by molar-refractivity contribution is 6.07. The van der Waals surface area contributed by atoms with Gasteiger partial charge in [-0.3, -0.25) is 29.9 Å². The van der Waals surface area contributed by atoms with Crippen molar-refractivity contribution in [3.8, 4) is 11.5 Å². The number of urea groups is 1. The van der Waals surface area contributed by atoms with Crippen LogP contribution in [0.4, 0.5) is 40.0 Å². The van der Waals surface area contributed by atoms with Crippen LogP contribution in [0.5, 0.6) is 11.5 Å². The van der Waals surface area contributed by atoms with E-state index in [1.54, 1.807) is 39.2 Å². The molecule has 6 amide bonds. The first-order valence-corrected chi connectivity index (χ1v) is 24.5. The number of amides is 6. The molecule has 72 heavy (non-hydrogen) atoms. The number of aryl methyl sites for hydroxylation is 1. The molecule has 1 aliphatic carbocycles. The van der Waals surface area contributed by atoms with Crippen molar-refractivity contribution in [2.75, 3.05) is 75.7 Å². The number of benzene rings is 3. The van der Waals surface area contributed by atoms with E-state index in [1.165, 1.54) is 18.1 Å². The molecule has 0 bridgehead atoms. The molecule has 384 valence electrons. The molecule has 4 heterocycles. The van der Waals surface area contributed by atoms with E-state index in [4.69, 9.17) is 14.2 Å². The maximum atomic E-state index is 13.8. The highest BCUT2D eigenvalue weighted by Gasteiger charge is 2.34. The fraction of sp³-hybridized carbons (Fsp3) is 0.481. The number of hydrogen-bond acceptors (Lipinski definition) is 11. The van der Waals surface area contributed by atoms with E-state index in [0.29, 0.717) is 116 Å². The van der Waals surface area contributed by atoms with Gasteiger partial charge in [-0.25, -0.2) is 19.6 Å². The lowest BCUT2D eigenvalue weighted by Crippen LogP contribution is -2.49. The summed E-state index contributed by atoms with van der Waals surface area (Å²) in [7, 11) is 3.07. The number of rotatable bonds is 15. The average molecular weight is 999 g/mol. The second kappa shape index (κ2) is 22.2. The Hall–Kier alpha value is -6.96. The molecule has 1 aromatic heterocycles. The molecule has 17 nitrogen and oxygen atoms in total. The van der Waals surface area contributed by atoms with Crippen LogP contribution in [0.15, 0.2) is 54.6 Å². The lowest BCUT2D eigenvalue weighted by molar-refractivity contribution is -0.138. The predicted octanol–water partition coefficient (Wildman–Crippen LogP) is 9.06. The normalized spacial score (nSPS) is 18.6. The van der Waals surface area contributed by atoms with E-state index < -0.39 is 29.9 Å². The maximum absolute atomic E-state index is 13.8. The molecular formula is C52H61F3N8O9. The Morgan fingerprint density at radius 1 is 0.875 bits per heavy atom. The smallest absolute Gasteiger partial charge is 0.416 e. The zero-order valence-corrected chi connectivity index (χ0v) is 40.9. The van der Waals surface area contributed by atoms with Gasteiger partial charge < -0.3 is 34.4 Å². The number of likely N-dealkylation sites (tertiary alicyclic amines) is 2. The summed E-state index contributed by atoms with van der Waals surface area (Å²) in [6.45, 7) is 7.44. The van der Waals surface area contributed by atoms with Crippen molar-refractivity contribution in [1.82, 2.24) is 25.1 Å². The number of nitrogens with one attached hydrogen (secondary N) is 3. The molecule has 4 aromatic rings. The molecule has 4 N–H and O–H groups in total. The Morgan fingerprint density at radius 2 is 1.60 bits per heavy atom. The number of allylic oxidation sites excluding steroid dienone is 2. The lowest BCUT2D eigenvalue weighted by Gasteiger charge is -2.35. The third-order valence-electron chi connectivity index (χ3n) is 14.2. The molecule has 8 rings (SSSR count). The second-order valence-corrected chi connectivity index (χ2v) is 19.0. The molecule has 3 saturated heterocycles. The summed E-state index contributed by atoms with van der Waals surface area (Å²) in [4.78, 5) is 77.4. The lowest BCUT2D eigenvalue weighted by atomic mass is 9.84. The molecule has 0 spiro atoms. The molecular weight excluding hydrogens is 938 g/mol. The van der Waals surface area contributed by atoms with Gasteiger partial charge in [-0.2, -0.15) is 13.2 Å². The number of fused-ring (bicyclic) bond motifs is 1. The summed E-state index contributed by atoms with van der Waals surface area (Å²) in [5.74, 6) is 2.20. The number of methoxy groups -OCH3 is 2. The average Bonchev–Trinajstić information content (AvgIpc) is 3.36. The van der Waals surface area contributed by atoms with Crippen LogP contribution in [-0.2, 0) is 20.5 Å². The van der Waals surface area contributed by atoms with Crippen LogP contribution in [-0.4, -0.2) is 115 Å². The van der Waals surface area contributed by atoms with Crippen molar-refractivity contribution in [3.05, 3.63) is 82.7 Å². The number of carbonyl (C=O) groups excluding carboxylic acids is 4. The number of carbonyl (C=O) groups is 5. The van der Waals surface area contributed by atoms with Crippen molar-refractivity contribution < 1.29 is 56.5 Å². The van der Waals surface area contributed by atoms with Crippen LogP contribution in [0.1, 0.15) is 104 Å². The van der Waals surface area contributed by atoms with Crippen LogP contribution < -0.4 is 30.3 Å². The zero-order valence-electron chi connectivity index (χ0n) is 40.9. The molecule has 4 aliphatic rings. The van der Waals surface area contributed by atoms with Crippen LogP contribution in [0, 0.1) is 24.7 Å². The number of ether oxygens (including phenoxy) is 3. The van der Waals surface area contributed by atoms with Gasteiger partial charge in [0.2, 0.25) is 11.8 Å². The molecule has 1 unspecified atom stereocenters. The fourth-order valence-electron chi connectivity index (χ4n) is 10.2. The maximum Gasteiger partial charge on any atom is 0.416 e. The van der Waals surface area contributed by atoms with Crippen LogP contribution >= 0.6 is 0 Å². The third-order valence-corrected chi connectivity index (χ3v) is 14.2. The molecule has 0 radical (unpaired) electrons. The van der Waals surface area contributed by atoms with Gasteiger partial charge in [0.25, 0.3) is 5.91 Å². The third kappa shape index (κ3) is 12.0. The number of anilines is 3. The molecule has 3 fully saturated rings. The van der Waals surface area contributed by atoms with E-state index in [9.17, 15) is 42.3 Å². The number of piperidine rings is 2. The zero-order chi connectivity index (χ0) is 51.3. The van der Waals surface area contributed by atoms with Gasteiger partial charge in [0.15, 0.2) is 0 Å². The highest BCUT2D eigenvalue weighted by Crippen LogP contribution is 2.41. The molecule has 0 saturated carbocycles. The second-order valence-electron chi connectivity index (χ2n) is 19.0. The minimum absolute atomic E-state index is 0.120.